The molecule has 1 aliphatic rings. The van der Waals surface area contributed by atoms with Gasteiger partial charge in [-0.05, 0) is 36.8 Å². The van der Waals surface area contributed by atoms with Crippen LogP contribution in [0.15, 0.2) is 42.5 Å². The largest absolute Gasteiger partial charge is 0.372 e. The predicted molar refractivity (Wildman–Crippen MR) is 91.9 cm³/mol. The molecule has 0 saturated heterocycles. The van der Waals surface area contributed by atoms with E-state index in [4.69, 9.17) is 11.6 Å². The molecule has 0 spiro atoms. The highest BCUT2D eigenvalue weighted by Crippen LogP contribution is 2.27. The van der Waals surface area contributed by atoms with Crippen LogP contribution in [0.2, 0.25) is 5.02 Å². The van der Waals surface area contributed by atoms with E-state index in [0.29, 0.717) is 10.7 Å². The van der Waals surface area contributed by atoms with Crippen molar-refractivity contribution in [1.29, 1.82) is 0 Å². The minimum atomic E-state index is -0.607. The third-order valence-electron chi connectivity index (χ3n) is 3.69. The van der Waals surface area contributed by atoms with Gasteiger partial charge in [0.2, 0.25) is 11.8 Å². The van der Waals surface area contributed by atoms with Gasteiger partial charge in [-0.15, -0.1) is 0 Å². The Morgan fingerprint density at radius 1 is 1.22 bits per heavy atom. The summed E-state index contributed by atoms with van der Waals surface area (Å²) in [4.78, 5) is 24.3. The van der Waals surface area contributed by atoms with Gasteiger partial charge in [0, 0.05) is 10.7 Å². The molecule has 0 aromatic heterocycles. The number of anilines is 3. The number of hydrogen-bond acceptors (Lipinski definition) is 3. The van der Waals surface area contributed by atoms with Crippen molar-refractivity contribution in [2.24, 2.45) is 0 Å². The molecule has 5 nitrogen and oxygen atoms in total. The molecule has 0 bridgehead atoms. The summed E-state index contributed by atoms with van der Waals surface area (Å²) < 4.78 is 0. The molecule has 0 fully saturated rings. The van der Waals surface area contributed by atoms with Crippen LogP contribution in [0.3, 0.4) is 0 Å². The Bertz CT molecular complexity index is 776. The summed E-state index contributed by atoms with van der Waals surface area (Å²) in [6.45, 7) is 1.88. The molecule has 3 N–H and O–H groups in total. The molecule has 118 valence electrons. The first-order chi connectivity index (χ1) is 11.0. The summed E-state index contributed by atoms with van der Waals surface area (Å²) in [5.74, 6) is -0.468. The topological polar surface area (TPSA) is 70.2 Å². The number of halogens is 1. The van der Waals surface area contributed by atoms with Crippen molar-refractivity contribution in [3.8, 4) is 0 Å². The Hall–Kier alpha value is -2.53. The van der Waals surface area contributed by atoms with Crippen molar-refractivity contribution >= 4 is 40.5 Å². The van der Waals surface area contributed by atoms with E-state index in [1.165, 1.54) is 0 Å². The van der Waals surface area contributed by atoms with Crippen molar-refractivity contribution in [3.63, 3.8) is 0 Å². The first kappa shape index (κ1) is 15.4. The van der Waals surface area contributed by atoms with E-state index in [-0.39, 0.29) is 18.2 Å². The number of nitrogens with one attached hydrogen (secondary N) is 3. The fraction of sp³-hybridized carbons (Fsp3) is 0.176. The zero-order chi connectivity index (χ0) is 16.4. The van der Waals surface area contributed by atoms with Crippen LogP contribution in [-0.4, -0.2) is 17.9 Å². The second-order valence-electron chi connectivity index (χ2n) is 5.44. The van der Waals surface area contributed by atoms with Crippen molar-refractivity contribution in [2.45, 2.75) is 19.4 Å². The van der Waals surface area contributed by atoms with Gasteiger partial charge in [0.15, 0.2) is 0 Å². The summed E-state index contributed by atoms with van der Waals surface area (Å²) in [6.07, 6.45) is 0.0339. The number of amides is 2. The third kappa shape index (κ3) is 3.46. The lowest BCUT2D eigenvalue weighted by Crippen LogP contribution is -2.41. The summed E-state index contributed by atoms with van der Waals surface area (Å²) in [5.41, 5.74) is 3.09. The quantitative estimate of drug-likeness (QED) is 0.808. The normalized spacial score (nSPS) is 16.1. The molecule has 23 heavy (non-hydrogen) atoms. The van der Waals surface area contributed by atoms with Crippen LogP contribution in [0.1, 0.15) is 12.0 Å². The molecule has 0 saturated carbocycles. The highest BCUT2D eigenvalue weighted by atomic mass is 35.5. The highest BCUT2D eigenvalue weighted by Gasteiger charge is 2.27. The van der Waals surface area contributed by atoms with Crippen LogP contribution in [0, 0.1) is 6.92 Å². The van der Waals surface area contributed by atoms with Crippen molar-refractivity contribution in [2.75, 3.05) is 16.0 Å². The number of carbonyl (C=O) groups excluding carboxylic acids is 2. The average molecular weight is 330 g/mol. The van der Waals surface area contributed by atoms with Gasteiger partial charge in [-0.1, -0.05) is 29.8 Å². The van der Waals surface area contributed by atoms with E-state index in [1.54, 1.807) is 12.1 Å². The zero-order valence-corrected chi connectivity index (χ0v) is 13.3. The Morgan fingerprint density at radius 2 is 1.96 bits per heavy atom. The van der Waals surface area contributed by atoms with Gasteiger partial charge in [0.05, 0.1) is 17.8 Å². The monoisotopic (exact) mass is 329 g/mol. The summed E-state index contributed by atoms with van der Waals surface area (Å²) in [6, 6.07) is 12.1. The molecule has 0 unspecified atom stereocenters. The summed E-state index contributed by atoms with van der Waals surface area (Å²) in [5, 5.41) is 9.24. The van der Waals surface area contributed by atoms with E-state index in [1.807, 2.05) is 37.3 Å². The molecule has 1 heterocycles. The van der Waals surface area contributed by atoms with E-state index in [2.05, 4.69) is 16.0 Å². The van der Waals surface area contributed by atoms with Crippen LogP contribution in [0.5, 0.6) is 0 Å². The van der Waals surface area contributed by atoms with Gasteiger partial charge in [-0.2, -0.15) is 0 Å². The molecule has 0 radical (unpaired) electrons. The number of hydrogen-bond donors (Lipinski definition) is 3. The number of aryl methyl sites for hydroxylation is 1. The number of carbonyl (C=O) groups is 2. The second kappa shape index (κ2) is 6.30. The van der Waals surface area contributed by atoms with Crippen molar-refractivity contribution in [3.05, 3.63) is 53.1 Å². The van der Waals surface area contributed by atoms with E-state index >= 15 is 0 Å². The van der Waals surface area contributed by atoms with Gasteiger partial charge < -0.3 is 16.0 Å². The molecule has 6 heteroatoms. The van der Waals surface area contributed by atoms with Gasteiger partial charge in [0.25, 0.3) is 0 Å². The molecule has 1 atom stereocenters. The Balaban J connectivity index is 1.69. The minimum absolute atomic E-state index is 0.0339. The SMILES string of the molecule is Cc1ccc(Cl)cc1NC(=O)C[C@H]1Nc2ccccc2NC1=O. The van der Waals surface area contributed by atoms with Crippen LogP contribution >= 0.6 is 11.6 Å². The van der Waals surface area contributed by atoms with Crippen LogP contribution < -0.4 is 16.0 Å². The second-order valence-corrected chi connectivity index (χ2v) is 5.88. The Morgan fingerprint density at radius 3 is 2.74 bits per heavy atom. The minimum Gasteiger partial charge on any atom is -0.372 e. The molecule has 1 aliphatic heterocycles. The molecule has 3 rings (SSSR count). The van der Waals surface area contributed by atoms with Gasteiger partial charge >= 0.3 is 0 Å². The standard InChI is InChI=1S/C17H16ClN3O2/c1-10-6-7-11(18)8-14(10)20-16(22)9-15-17(23)21-13-5-3-2-4-12(13)19-15/h2-8,15,19H,9H2,1H3,(H,20,22)(H,21,23)/t15-/m1/s1. The fourth-order valence-corrected chi connectivity index (χ4v) is 2.62. The molecule has 2 aromatic rings. The van der Waals surface area contributed by atoms with E-state index in [0.717, 1.165) is 16.9 Å². The van der Waals surface area contributed by atoms with Crippen LogP contribution in [-0.2, 0) is 9.59 Å². The van der Waals surface area contributed by atoms with Crippen LogP contribution in [0.25, 0.3) is 0 Å². The molecule has 2 amide bonds. The van der Waals surface area contributed by atoms with E-state index in [9.17, 15) is 9.59 Å². The Labute approximate surface area is 139 Å². The fourth-order valence-electron chi connectivity index (χ4n) is 2.45. The maximum Gasteiger partial charge on any atom is 0.247 e. The lowest BCUT2D eigenvalue weighted by Gasteiger charge is -2.26. The number of para-hydroxylation sites is 2. The molecule has 2 aromatic carbocycles. The van der Waals surface area contributed by atoms with Gasteiger partial charge in [-0.3, -0.25) is 9.59 Å². The zero-order valence-electron chi connectivity index (χ0n) is 12.5. The van der Waals surface area contributed by atoms with Crippen molar-refractivity contribution in [1.82, 2.24) is 0 Å². The first-order valence-corrected chi connectivity index (χ1v) is 7.63. The highest BCUT2D eigenvalue weighted by molar-refractivity contribution is 6.31. The number of fused-ring (bicyclic) bond motifs is 1. The summed E-state index contributed by atoms with van der Waals surface area (Å²) in [7, 11) is 0. The molecular formula is C17H16ClN3O2. The maximum atomic E-state index is 12.2. The predicted octanol–water partition coefficient (Wildman–Crippen LogP) is 3.41. The lowest BCUT2D eigenvalue weighted by atomic mass is 10.1. The molecular weight excluding hydrogens is 314 g/mol. The summed E-state index contributed by atoms with van der Waals surface area (Å²) >= 11 is 5.94. The van der Waals surface area contributed by atoms with Crippen molar-refractivity contribution < 1.29 is 9.59 Å². The average Bonchev–Trinajstić information content (AvgIpc) is 2.51. The van der Waals surface area contributed by atoms with E-state index < -0.39 is 6.04 Å². The van der Waals surface area contributed by atoms with Crippen LogP contribution in [0.4, 0.5) is 17.1 Å². The number of rotatable bonds is 3. The maximum absolute atomic E-state index is 12.2. The lowest BCUT2D eigenvalue weighted by molar-refractivity contribution is -0.122. The third-order valence-corrected chi connectivity index (χ3v) is 3.93. The Kier molecular flexibility index (Phi) is 4.21. The van der Waals surface area contributed by atoms with Gasteiger partial charge in [0.1, 0.15) is 6.04 Å². The smallest absolute Gasteiger partial charge is 0.247 e. The number of benzene rings is 2. The first-order valence-electron chi connectivity index (χ1n) is 7.25. The van der Waals surface area contributed by atoms with Gasteiger partial charge in [-0.25, -0.2) is 0 Å². The molecule has 0 aliphatic carbocycles.